The van der Waals surface area contributed by atoms with Crippen molar-refractivity contribution in [2.24, 2.45) is 29.1 Å². The normalized spacial score (nSPS) is 26.6. The van der Waals surface area contributed by atoms with Crippen molar-refractivity contribution in [2.75, 3.05) is 59.0 Å². The molecule has 0 radical (unpaired) electrons. The maximum Gasteiger partial charge on any atom is 0.319 e. The van der Waals surface area contributed by atoms with Gasteiger partial charge in [-0.05, 0) is 73.6 Å². The van der Waals surface area contributed by atoms with Gasteiger partial charge >= 0.3 is 5.97 Å². The fraction of sp³-hybridized carbons (Fsp3) is 0.625. The maximum absolute atomic E-state index is 14.2. The van der Waals surface area contributed by atoms with Crippen LogP contribution in [0, 0.1) is 29.1 Å². The van der Waals surface area contributed by atoms with Gasteiger partial charge in [-0.15, -0.1) is 0 Å². The van der Waals surface area contributed by atoms with Crippen LogP contribution in [-0.4, -0.2) is 111 Å². The number of ether oxygens (including phenoxy) is 2. The van der Waals surface area contributed by atoms with Crippen molar-refractivity contribution >= 4 is 23.5 Å². The maximum atomic E-state index is 14.2. The molecule has 5 N–H and O–H groups in total. The second kappa shape index (κ2) is 17.2. The third-order valence-electron chi connectivity index (χ3n) is 11.9. The van der Waals surface area contributed by atoms with Gasteiger partial charge in [-0.1, -0.05) is 39.0 Å². The van der Waals surface area contributed by atoms with Crippen LogP contribution in [0.3, 0.4) is 0 Å². The van der Waals surface area contributed by atoms with E-state index in [0.717, 1.165) is 28.8 Å². The number of hydrogen-bond acceptors (Lipinski definition) is 11. The number of nitrogens with zero attached hydrogens (tertiary/aromatic N) is 2. The molecule has 53 heavy (non-hydrogen) atoms. The first-order valence-electron chi connectivity index (χ1n) is 18.9. The second-order valence-corrected chi connectivity index (χ2v) is 15.6. The van der Waals surface area contributed by atoms with E-state index in [2.05, 4.69) is 36.7 Å². The van der Waals surface area contributed by atoms with Crippen molar-refractivity contribution in [3.8, 4) is 16.9 Å². The molecule has 4 fully saturated rings. The number of esters is 1. The smallest absolute Gasteiger partial charge is 0.319 e. The predicted octanol–water partition coefficient (Wildman–Crippen LogP) is 2.97. The second-order valence-electron chi connectivity index (χ2n) is 15.6. The Balaban J connectivity index is 1.38. The molecule has 1 aliphatic heterocycles. The highest BCUT2D eigenvalue weighted by atomic mass is 16.7. The van der Waals surface area contributed by atoms with Crippen LogP contribution in [-0.2, 0) is 25.7 Å². The number of carbonyl (C=O) groups excluding carboxylic acids is 3. The molecule has 6 rings (SSSR count). The van der Waals surface area contributed by atoms with Gasteiger partial charge in [0.1, 0.15) is 17.9 Å². The van der Waals surface area contributed by atoms with E-state index in [1.54, 1.807) is 32.1 Å². The first-order chi connectivity index (χ1) is 25.2. The van der Waals surface area contributed by atoms with Gasteiger partial charge in [-0.2, -0.15) is 5.06 Å². The van der Waals surface area contributed by atoms with E-state index in [0.29, 0.717) is 48.8 Å². The molecule has 2 bridgehead atoms. The molecule has 292 valence electrons. The van der Waals surface area contributed by atoms with Crippen LogP contribution < -0.4 is 25.6 Å². The number of nitrogens with one attached hydrogen (secondary N) is 3. The lowest BCUT2D eigenvalue weighted by atomic mass is 9.45. The molecule has 0 aromatic heterocycles. The topological polar surface area (TPSA) is 162 Å². The molecule has 2 aromatic rings. The summed E-state index contributed by atoms with van der Waals surface area (Å²) in [6.07, 6.45) is 0.428. The number of methoxy groups -OCH3 is 1. The molecule has 4 aliphatic rings. The summed E-state index contributed by atoms with van der Waals surface area (Å²) in [4.78, 5) is 47.3. The SMILES string of the molecule is CCOC(=O)CNCCNC(=O)c1cc(-c2cccc(CN3O[C@@H](CO)[C@@H]([C@H](C)O)[C@H]3C(=O)N[C@H]3C[C@H]4C[C@@H]([C@@H]3C)C4(C)C)c2OC)cc(N(C)C)c1. The third-order valence-corrected chi connectivity index (χ3v) is 11.9. The highest BCUT2D eigenvalue weighted by molar-refractivity contribution is 5.97. The highest BCUT2D eigenvalue weighted by Crippen LogP contribution is 2.61. The van der Waals surface area contributed by atoms with Crippen molar-refractivity contribution in [3.63, 3.8) is 0 Å². The molecule has 2 amide bonds. The zero-order valence-corrected chi connectivity index (χ0v) is 32.5. The third kappa shape index (κ3) is 8.65. The first kappa shape index (κ1) is 40.4. The molecule has 0 unspecified atom stereocenters. The molecule has 0 spiro atoms. The Kier molecular flexibility index (Phi) is 13.1. The van der Waals surface area contributed by atoms with E-state index < -0.39 is 24.2 Å². The van der Waals surface area contributed by atoms with E-state index >= 15 is 0 Å². The molecule has 3 saturated carbocycles. The van der Waals surface area contributed by atoms with E-state index in [1.807, 2.05) is 49.3 Å². The van der Waals surface area contributed by atoms with Crippen LogP contribution in [0.4, 0.5) is 5.69 Å². The lowest BCUT2D eigenvalue weighted by Crippen LogP contribution is -2.62. The first-order valence-corrected chi connectivity index (χ1v) is 18.9. The summed E-state index contributed by atoms with van der Waals surface area (Å²) in [5.41, 5.74) is 3.75. The van der Waals surface area contributed by atoms with Crippen LogP contribution in [0.1, 0.15) is 63.4 Å². The Morgan fingerprint density at radius 1 is 1.13 bits per heavy atom. The van der Waals surface area contributed by atoms with Crippen molar-refractivity contribution in [2.45, 2.75) is 78.3 Å². The average Bonchev–Trinajstić information content (AvgIpc) is 3.50. The summed E-state index contributed by atoms with van der Waals surface area (Å²) in [7, 11) is 5.38. The van der Waals surface area contributed by atoms with Gasteiger partial charge in [0.2, 0.25) is 5.91 Å². The minimum absolute atomic E-state index is 0.0260. The Hall–Kier alpha value is -3.75. The van der Waals surface area contributed by atoms with Gasteiger partial charge in [-0.3, -0.25) is 19.2 Å². The molecular formula is C40H59N5O8. The summed E-state index contributed by atoms with van der Waals surface area (Å²) in [5, 5.41) is 32.0. The van der Waals surface area contributed by atoms with Crippen LogP contribution in [0.5, 0.6) is 5.75 Å². The number of anilines is 1. The van der Waals surface area contributed by atoms with Crippen molar-refractivity contribution in [1.82, 2.24) is 21.0 Å². The minimum Gasteiger partial charge on any atom is -0.496 e. The summed E-state index contributed by atoms with van der Waals surface area (Å²) >= 11 is 0. The number of hydrogen-bond donors (Lipinski definition) is 5. The molecule has 3 aliphatic carbocycles. The molecule has 13 heteroatoms. The quantitative estimate of drug-likeness (QED) is 0.127. The Labute approximate surface area is 313 Å². The molecule has 13 nitrogen and oxygen atoms in total. The largest absolute Gasteiger partial charge is 0.496 e. The zero-order chi connectivity index (χ0) is 38.6. The number of rotatable bonds is 16. The lowest BCUT2D eigenvalue weighted by molar-refractivity contribution is -0.183. The molecule has 1 saturated heterocycles. The minimum atomic E-state index is -0.913. The fourth-order valence-electron chi connectivity index (χ4n) is 8.75. The number of hydroxylamine groups is 2. The average molecular weight is 738 g/mol. The summed E-state index contributed by atoms with van der Waals surface area (Å²) in [5.74, 6) is 0.485. The zero-order valence-electron chi connectivity index (χ0n) is 32.5. The number of aliphatic hydroxyl groups excluding tert-OH is 2. The summed E-state index contributed by atoms with van der Waals surface area (Å²) in [6, 6.07) is 10.5. The number of fused-ring (bicyclic) bond motifs is 2. The lowest BCUT2D eigenvalue weighted by Gasteiger charge is -2.62. The van der Waals surface area contributed by atoms with Crippen molar-refractivity contribution in [3.05, 3.63) is 47.5 Å². The molecule has 1 heterocycles. The monoisotopic (exact) mass is 737 g/mol. The number of amides is 2. The number of aliphatic hydroxyl groups is 2. The van der Waals surface area contributed by atoms with Gasteiger partial charge in [0.25, 0.3) is 5.91 Å². The van der Waals surface area contributed by atoms with Gasteiger partial charge in [0, 0.05) is 61.5 Å². The molecule has 2 aromatic carbocycles. The molecular weight excluding hydrogens is 678 g/mol. The number of carbonyl (C=O) groups is 3. The summed E-state index contributed by atoms with van der Waals surface area (Å²) in [6.45, 7) is 11.1. The summed E-state index contributed by atoms with van der Waals surface area (Å²) < 4.78 is 10.9. The van der Waals surface area contributed by atoms with Crippen LogP contribution in [0.15, 0.2) is 36.4 Å². The van der Waals surface area contributed by atoms with Gasteiger partial charge in [-0.25, -0.2) is 0 Å². The fourth-order valence-corrected chi connectivity index (χ4v) is 8.75. The number of para-hydroxylation sites is 1. The Bertz CT molecular complexity index is 1620. The van der Waals surface area contributed by atoms with Crippen LogP contribution in [0.25, 0.3) is 11.1 Å². The highest BCUT2D eigenvalue weighted by Gasteiger charge is 2.57. The predicted molar refractivity (Wildman–Crippen MR) is 202 cm³/mol. The van der Waals surface area contributed by atoms with E-state index in [4.69, 9.17) is 14.3 Å². The van der Waals surface area contributed by atoms with Crippen LogP contribution >= 0.6 is 0 Å². The Morgan fingerprint density at radius 2 is 1.89 bits per heavy atom. The van der Waals surface area contributed by atoms with Gasteiger partial charge in [0.15, 0.2) is 0 Å². The van der Waals surface area contributed by atoms with E-state index in [9.17, 15) is 24.6 Å². The van der Waals surface area contributed by atoms with E-state index in [-0.39, 0.29) is 48.9 Å². The van der Waals surface area contributed by atoms with Gasteiger partial charge < -0.3 is 40.5 Å². The molecule has 8 atom stereocenters. The Morgan fingerprint density at radius 3 is 2.51 bits per heavy atom. The van der Waals surface area contributed by atoms with Crippen molar-refractivity contribution < 1.29 is 38.9 Å². The van der Waals surface area contributed by atoms with Gasteiger partial charge in [0.05, 0.1) is 39.5 Å². The number of benzene rings is 2. The standard InChI is InChI=1S/C40H59N5O8/c1-9-52-34(48)20-41-13-14-42-38(49)27-15-26(16-29(17-27)44(6)7)30-12-10-11-25(37(30)51-8)21-45-36(35(24(3)47)33(22-46)53-45)39(50)43-32-19-28-18-31(23(32)2)40(28,4)5/h10-12,15-17,23-24,28,31-33,35-36,41,46-47H,9,13-14,18-22H2,1-8H3,(H,42,49)(H,43,50)/t23-,24-,28+,31-,32-,33-,35+,36-/m0/s1. The van der Waals surface area contributed by atoms with Crippen LogP contribution in [0.2, 0.25) is 0 Å². The van der Waals surface area contributed by atoms with E-state index in [1.165, 1.54) is 6.42 Å². The van der Waals surface area contributed by atoms with Crippen molar-refractivity contribution in [1.29, 1.82) is 0 Å².